The maximum atomic E-state index is 11.2. The average Bonchev–Trinajstić information content (AvgIpc) is 2.83. The third kappa shape index (κ3) is 7.13. The number of aliphatic hydroxyl groups is 9. The molecular formula is C20H34O16. The van der Waals surface area contributed by atoms with Crippen LogP contribution in [0.1, 0.15) is 20.3 Å². The van der Waals surface area contributed by atoms with Crippen molar-refractivity contribution in [3.8, 4) is 0 Å². The molecule has 2 fully saturated rings. The van der Waals surface area contributed by atoms with Crippen molar-refractivity contribution in [2.75, 3.05) is 6.61 Å². The van der Waals surface area contributed by atoms with Crippen LogP contribution in [-0.2, 0) is 28.5 Å². The smallest absolute Gasteiger partial charge is 0.372 e. The monoisotopic (exact) mass is 530 g/mol. The first-order valence-corrected chi connectivity index (χ1v) is 11.1. The Morgan fingerprint density at radius 2 is 1.28 bits per heavy atom. The van der Waals surface area contributed by atoms with E-state index in [-0.39, 0.29) is 0 Å². The molecule has 0 bridgehead atoms. The third-order valence-corrected chi connectivity index (χ3v) is 6.08. The van der Waals surface area contributed by atoms with Gasteiger partial charge < -0.3 is 70.0 Å². The van der Waals surface area contributed by atoms with Gasteiger partial charge in [0.15, 0.2) is 12.6 Å². The number of carbonyl (C=O) groups is 2. The molecule has 16 heteroatoms. The summed E-state index contributed by atoms with van der Waals surface area (Å²) in [5, 5.41) is 99.1. The molecule has 0 spiro atoms. The van der Waals surface area contributed by atoms with Gasteiger partial charge in [-0.1, -0.05) is 0 Å². The SMILES string of the molecule is C[C@@H]1O[C@@H](O[C@@H]2[C@@H](O)[C@H](C)O[C@@H](OC[C@@H](O)[C@@H](O)[C@H](O)[C@H](O)CC(=O)C(=O)O)[C@@H]2O)[C@H](O)[C@H](O)[C@H]1O. The van der Waals surface area contributed by atoms with Crippen molar-refractivity contribution >= 4 is 11.8 Å². The lowest BCUT2D eigenvalue weighted by molar-refractivity contribution is -0.355. The second-order valence-electron chi connectivity index (χ2n) is 8.85. The van der Waals surface area contributed by atoms with E-state index in [1.165, 1.54) is 13.8 Å². The summed E-state index contributed by atoms with van der Waals surface area (Å²) in [5.74, 6) is -3.29. The fourth-order valence-corrected chi connectivity index (χ4v) is 3.72. The van der Waals surface area contributed by atoms with Crippen LogP contribution in [0.3, 0.4) is 0 Å². The molecule has 0 amide bonds. The van der Waals surface area contributed by atoms with E-state index >= 15 is 0 Å². The Kier molecular flexibility index (Phi) is 11.1. The average molecular weight is 530 g/mol. The van der Waals surface area contributed by atoms with Crippen LogP contribution in [0.5, 0.6) is 0 Å². The minimum atomic E-state index is -2.13. The molecule has 0 aromatic carbocycles. The van der Waals surface area contributed by atoms with Gasteiger partial charge >= 0.3 is 5.97 Å². The van der Waals surface area contributed by atoms with E-state index in [0.29, 0.717) is 0 Å². The molecule has 2 aliphatic heterocycles. The van der Waals surface area contributed by atoms with Crippen LogP contribution in [0.25, 0.3) is 0 Å². The van der Waals surface area contributed by atoms with Crippen LogP contribution in [0.15, 0.2) is 0 Å². The molecule has 0 aromatic rings. The number of aliphatic carboxylic acids is 1. The van der Waals surface area contributed by atoms with Crippen LogP contribution >= 0.6 is 0 Å². The van der Waals surface area contributed by atoms with E-state index in [9.17, 15) is 55.5 Å². The zero-order chi connectivity index (χ0) is 27.5. The fourth-order valence-electron chi connectivity index (χ4n) is 3.72. The lowest BCUT2D eigenvalue weighted by Gasteiger charge is -2.45. The molecule has 0 saturated carbocycles. The highest BCUT2D eigenvalue weighted by Crippen LogP contribution is 2.29. The fraction of sp³-hybridized carbons (Fsp3) is 0.900. The molecule has 2 rings (SSSR count). The van der Waals surface area contributed by atoms with Gasteiger partial charge in [-0.05, 0) is 13.8 Å². The van der Waals surface area contributed by atoms with E-state index in [2.05, 4.69) is 0 Å². The summed E-state index contributed by atoms with van der Waals surface area (Å²) in [6.45, 7) is 1.98. The number of carbonyl (C=O) groups excluding carboxylic acids is 1. The normalized spacial score (nSPS) is 40.8. The van der Waals surface area contributed by atoms with Crippen molar-refractivity contribution in [1.82, 2.24) is 0 Å². The number of ether oxygens (including phenoxy) is 4. The minimum Gasteiger partial charge on any atom is -0.475 e. The minimum absolute atomic E-state index is 0.806. The summed E-state index contributed by atoms with van der Waals surface area (Å²) in [7, 11) is 0. The molecule has 2 heterocycles. The lowest BCUT2D eigenvalue weighted by atomic mass is 9.97. The molecular weight excluding hydrogens is 496 g/mol. The van der Waals surface area contributed by atoms with Gasteiger partial charge in [0, 0.05) is 6.42 Å². The molecule has 14 atom stereocenters. The van der Waals surface area contributed by atoms with E-state index in [0.717, 1.165) is 0 Å². The van der Waals surface area contributed by atoms with Crippen molar-refractivity contribution in [3.05, 3.63) is 0 Å². The summed E-state index contributed by atoms with van der Waals surface area (Å²) in [5.41, 5.74) is 0. The van der Waals surface area contributed by atoms with Crippen molar-refractivity contribution in [2.24, 2.45) is 0 Å². The summed E-state index contributed by atoms with van der Waals surface area (Å²) >= 11 is 0. The van der Waals surface area contributed by atoms with Gasteiger partial charge in [0.2, 0.25) is 5.78 Å². The van der Waals surface area contributed by atoms with Gasteiger partial charge in [-0.25, -0.2) is 4.79 Å². The van der Waals surface area contributed by atoms with Crippen LogP contribution < -0.4 is 0 Å². The van der Waals surface area contributed by atoms with Crippen LogP contribution in [0, 0.1) is 0 Å². The van der Waals surface area contributed by atoms with Crippen molar-refractivity contribution in [2.45, 2.75) is 106 Å². The van der Waals surface area contributed by atoms with Crippen LogP contribution in [0.2, 0.25) is 0 Å². The largest absolute Gasteiger partial charge is 0.475 e. The lowest BCUT2D eigenvalue weighted by Crippen LogP contribution is -2.63. The summed E-state index contributed by atoms with van der Waals surface area (Å²) in [4.78, 5) is 21.7. The van der Waals surface area contributed by atoms with Crippen LogP contribution in [0.4, 0.5) is 0 Å². The Labute approximate surface area is 204 Å². The van der Waals surface area contributed by atoms with E-state index < -0.39 is 111 Å². The topological polar surface area (TPSA) is 273 Å². The Balaban J connectivity index is 1.98. The first-order valence-electron chi connectivity index (χ1n) is 11.1. The molecule has 2 saturated heterocycles. The molecule has 210 valence electrons. The third-order valence-electron chi connectivity index (χ3n) is 6.08. The molecule has 0 aromatic heterocycles. The summed E-state index contributed by atoms with van der Waals surface area (Å²) < 4.78 is 21.3. The second-order valence-corrected chi connectivity index (χ2v) is 8.85. The molecule has 10 N–H and O–H groups in total. The first kappa shape index (κ1) is 30.8. The van der Waals surface area contributed by atoms with Gasteiger partial charge in [0.05, 0.1) is 24.9 Å². The Hall–Kier alpha value is -1.38. The van der Waals surface area contributed by atoms with Crippen LogP contribution in [-0.4, -0.2) is 155 Å². The van der Waals surface area contributed by atoms with Gasteiger partial charge in [0.1, 0.15) is 54.9 Å². The van der Waals surface area contributed by atoms with Crippen molar-refractivity contribution in [1.29, 1.82) is 0 Å². The van der Waals surface area contributed by atoms with E-state index in [4.69, 9.17) is 24.1 Å². The highest BCUT2D eigenvalue weighted by Gasteiger charge is 2.49. The van der Waals surface area contributed by atoms with E-state index in [1.807, 2.05) is 0 Å². The predicted molar refractivity (Wildman–Crippen MR) is 111 cm³/mol. The predicted octanol–water partition coefficient (Wildman–Crippen LogP) is -5.83. The number of ketones is 1. The Morgan fingerprint density at radius 3 is 1.86 bits per heavy atom. The number of Topliss-reactive ketones (excluding diaryl/α,β-unsaturated/α-hetero) is 1. The molecule has 36 heavy (non-hydrogen) atoms. The quantitative estimate of drug-likeness (QED) is 0.111. The Bertz CT molecular complexity index is 737. The number of hydrogen-bond acceptors (Lipinski definition) is 15. The molecule has 0 unspecified atom stereocenters. The van der Waals surface area contributed by atoms with Gasteiger partial charge in [-0.2, -0.15) is 0 Å². The molecule has 2 aliphatic rings. The number of rotatable bonds is 11. The number of carboxylic acid groups (broad SMARTS) is 1. The Morgan fingerprint density at radius 1 is 0.750 bits per heavy atom. The highest BCUT2D eigenvalue weighted by atomic mass is 16.7. The zero-order valence-electron chi connectivity index (χ0n) is 19.4. The standard InChI is InChI=1S/C20H34O16/c1-5-10(24)14(28)15(29)20(35-5)36-17-11(25)6(2)34-19(16(17)30)33-4-9(23)13(27)12(26)7(21)3-8(22)18(31)32/h5-7,9-17,19-21,23-30H,3-4H2,1-2H3,(H,31,32)/t5-,6-,7+,9+,10-,11-,12+,13+,14+,15+,16+,17+,19+,20-/m0/s1. The van der Waals surface area contributed by atoms with Gasteiger partial charge in [-0.3, -0.25) is 4.79 Å². The van der Waals surface area contributed by atoms with Crippen molar-refractivity contribution < 1.29 is 79.6 Å². The molecule has 16 nitrogen and oxygen atoms in total. The molecule has 0 radical (unpaired) electrons. The first-order chi connectivity index (χ1) is 16.7. The highest BCUT2D eigenvalue weighted by molar-refractivity contribution is 6.32. The number of carboxylic acids is 1. The second kappa shape index (κ2) is 12.9. The van der Waals surface area contributed by atoms with Gasteiger partial charge in [-0.15, -0.1) is 0 Å². The number of aliphatic hydroxyl groups excluding tert-OH is 9. The van der Waals surface area contributed by atoms with Crippen molar-refractivity contribution in [3.63, 3.8) is 0 Å². The maximum Gasteiger partial charge on any atom is 0.372 e. The van der Waals surface area contributed by atoms with E-state index in [1.54, 1.807) is 0 Å². The number of hydrogen-bond donors (Lipinski definition) is 10. The van der Waals surface area contributed by atoms with Gasteiger partial charge in [0.25, 0.3) is 0 Å². The maximum absolute atomic E-state index is 11.2. The molecule has 0 aliphatic carbocycles. The summed E-state index contributed by atoms with van der Waals surface area (Å²) in [6.07, 6.45) is -23.9. The zero-order valence-corrected chi connectivity index (χ0v) is 19.4. The summed E-state index contributed by atoms with van der Waals surface area (Å²) in [6, 6.07) is 0.